The molecule has 1 aromatic heterocycles. The van der Waals surface area contributed by atoms with Crippen LogP contribution in [0.3, 0.4) is 0 Å². The molecule has 5 nitrogen and oxygen atoms in total. The molecule has 0 spiro atoms. The summed E-state index contributed by atoms with van der Waals surface area (Å²) in [5.74, 6) is 0. The van der Waals surface area contributed by atoms with Gasteiger partial charge in [0.25, 0.3) is 0 Å². The molecule has 2 aromatic rings. The van der Waals surface area contributed by atoms with Crippen molar-refractivity contribution in [3.05, 3.63) is 40.3 Å². The predicted octanol–water partition coefficient (Wildman–Crippen LogP) is 2.59. The number of hydrogen-bond donors (Lipinski definition) is 2. The van der Waals surface area contributed by atoms with Crippen molar-refractivity contribution in [2.24, 2.45) is 0 Å². The zero-order valence-electron chi connectivity index (χ0n) is 11.3. The lowest BCUT2D eigenvalue weighted by Crippen LogP contribution is -2.19. The van der Waals surface area contributed by atoms with Crippen LogP contribution in [0.15, 0.2) is 34.2 Å². The number of rotatable bonds is 4. The van der Waals surface area contributed by atoms with Crippen LogP contribution in [-0.4, -0.2) is 14.8 Å². The van der Waals surface area contributed by atoms with E-state index in [1.807, 2.05) is 38.1 Å². The minimum Gasteiger partial charge on any atom is -0.399 e. The number of nitrogens with two attached hydrogens (primary N) is 1. The average molecular weight is 278 g/mol. The average Bonchev–Trinajstić information content (AvgIpc) is 2.70. The molecule has 2 rings (SSSR count). The lowest BCUT2D eigenvalue weighted by atomic mass is 10.1. The van der Waals surface area contributed by atoms with Gasteiger partial charge in [0.05, 0.1) is 0 Å². The summed E-state index contributed by atoms with van der Waals surface area (Å²) in [6, 6.07) is 7.85. The summed E-state index contributed by atoms with van der Waals surface area (Å²) >= 11 is 1.55. The number of nitrogens with zero attached hydrogens (tertiary/aromatic N) is 2. The van der Waals surface area contributed by atoms with E-state index in [0.29, 0.717) is 5.16 Å². The Morgan fingerprint density at radius 1 is 1.37 bits per heavy atom. The summed E-state index contributed by atoms with van der Waals surface area (Å²) in [7, 11) is 0. The Balaban J connectivity index is 2.24. The van der Waals surface area contributed by atoms with Crippen LogP contribution >= 0.6 is 11.8 Å². The van der Waals surface area contributed by atoms with Crippen molar-refractivity contribution >= 4 is 17.4 Å². The van der Waals surface area contributed by atoms with Gasteiger partial charge in [-0.3, -0.25) is 4.57 Å². The van der Waals surface area contributed by atoms with Crippen LogP contribution in [0.2, 0.25) is 0 Å². The molecule has 0 aliphatic carbocycles. The monoisotopic (exact) mass is 278 g/mol. The highest BCUT2D eigenvalue weighted by Crippen LogP contribution is 2.34. The summed E-state index contributed by atoms with van der Waals surface area (Å²) in [6.07, 6.45) is 0. The van der Waals surface area contributed by atoms with Gasteiger partial charge in [-0.2, -0.15) is 0 Å². The van der Waals surface area contributed by atoms with Gasteiger partial charge in [0.1, 0.15) is 0 Å². The quantitative estimate of drug-likeness (QED) is 0.665. The van der Waals surface area contributed by atoms with Gasteiger partial charge < -0.3 is 5.73 Å². The highest BCUT2D eigenvalue weighted by atomic mass is 32.2. The van der Waals surface area contributed by atoms with E-state index in [1.54, 1.807) is 16.3 Å². The third kappa shape index (κ3) is 3.01. The Kier molecular flexibility index (Phi) is 3.99. The van der Waals surface area contributed by atoms with Gasteiger partial charge >= 0.3 is 5.69 Å². The SMILES string of the molecule is CC(Sc1n[nH]c(=O)n1C(C)C)c1cccc(N)c1. The van der Waals surface area contributed by atoms with E-state index in [9.17, 15) is 4.79 Å². The van der Waals surface area contributed by atoms with Crippen LogP contribution in [0.25, 0.3) is 0 Å². The van der Waals surface area contributed by atoms with E-state index in [-0.39, 0.29) is 17.0 Å². The molecule has 3 N–H and O–H groups in total. The summed E-state index contributed by atoms with van der Waals surface area (Å²) in [5, 5.41) is 7.46. The third-order valence-corrected chi connectivity index (χ3v) is 3.98. The molecule has 1 unspecified atom stereocenters. The maximum atomic E-state index is 11.7. The highest BCUT2D eigenvalue weighted by Gasteiger charge is 2.16. The first-order valence-corrected chi connectivity index (χ1v) is 7.06. The van der Waals surface area contributed by atoms with Crippen molar-refractivity contribution in [3.8, 4) is 0 Å². The number of aromatic amines is 1. The van der Waals surface area contributed by atoms with Crippen molar-refractivity contribution in [1.29, 1.82) is 0 Å². The smallest absolute Gasteiger partial charge is 0.344 e. The number of hydrogen-bond acceptors (Lipinski definition) is 4. The molecule has 0 amide bonds. The molecule has 0 saturated heterocycles. The summed E-state index contributed by atoms with van der Waals surface area (Å²) < 4.78 is 1.66. The molecule has 0 fully saturated rings. The first kappa shape index (κ1) is 13.7. The van der Waals surface area contributed by atoms with Crippen LogP contribution in [-0.2, 0) is 0 Å². The van der Waals surface area contributed by atoms with Crippen molar-refractivity contribution < 1.29 is 0 Å². The number of thioether (sulfide) groups is 1. The first-order chi connectivity index (χ1) is 8.99. The number of aromatic nitrogens is 3. The van der Waals surface area contributed by atoms with Gasteiger partial charge in [-0.15, -0.1) is 5.10 Å². The van der Waals surface area contributed by atoms with E-state index >= 15 is 0 Å². The zero-order valence-corrected chi connectivity index (χ0v) is 12.1. The molecular weight excluding hydrogens is 260 g/mol. The first-order valence-electron chi connectivity index (χ1n) is 6.18. The molecule has 0 aliphatic heterocycles. The van der Waals surface area contributed by atoms with Crippen LogP contribution in [0, 0.1) is 0 Å². The van der Waals surface area contributed by atoms with Gasteiger partial charge in [-0.1, -0.05) is 23.9 Å². The molecule has 1 heterocycles. The normalized spacial score (nSPS) is 12.8. The molecule has 0 aliphatic rings. The number of H-pyrrole nitrogens is 1. The molecule has 19 heavy (non-hydrogen) atoms. The van der Waals surface area contributed by atoms with Crippen LogP contribution in [0.5, 0.6) is 0 Å². The second-order valence-corrected chi connectivity index (χ2v) is 6.01. The van der Waals surface area contributed by atoms with E-state index in [0.717, 1.165) is 11.3 Å². The zero-order chi connectivity index (χ0) is 14.0. The van der Waals surface area contributed by atoms with Gasteiger partial charge in [0.2, 0.25) is 0 Å². The highest BCUT2D eigenvalue weighted by molar-refractivity contribution is 7.99. The molecule has 1 aromatic carbocycles. The van der Waals surface area contributed by atoms with Crippen LogP contribution < -0.4 is 11.4 Å². The largest absolute Gasteiger partial charge is 0.399 e. The second-order valence-electron chi connectivity index (χ2n) is 4.71. The molecule has 0 radical (unpaired) electrons. The third-order valence-electron chi connectivity index (χ3n) is 2.85. The summed E-state index contributed by atoms with van der Waals surface area (Å²) in [6.45, 7) is 6.00. The van der Waals surface area contributed by atoms with Crippen LogP contribution in [0.1, 0.15) is 37.6 Å². The minimum absolute atomic E-state index is 0.0850. The van der Waals surface area contributed by atoms with Crippen LogP contribution in [0.4, 0.5) is 5.69 Å². The van der Waals surface area contributed by atoms with Gasteiger partial charge in [0.15, 0.2) is 5.16 Å². The lowest BCUT2D eigenvalue weighted by molar-refractivity contribution is 0.533. The van der Waals surface area contributed by atoms with Crippen molar-refractivity contribution in [3.63, 3.8) is 0 Å². The Hall–Kier alpha value is -1.69. The summed E-state index contributed by atoms with van der Waals surface area (Å²) in [4.78, 5) is 11.7. The second kappa shape index (κ2) is 5.52. The van der Waals surface area contributed by atoms with Gasteiger partial charge in [0, 0.05) is 17.0 Å². The number of nitrogen functional groups attached to an aromatic ring is 1. The molecule has 0 bridgehead atoms. The Labute approximate surface area is 116 Å². The number of nitrogens with one attached hydrogen (secondary N) is 1. The van der Waals surface area contributed by atoms with Crippen molar-refractivity contribution in [1.82, 2.24) is 14.8 Å². The fraction of sp³-hybridized carbons (Fsp3) is 0.385. The topological polar surface area (TPSA) is 76.7 Å². The van der Waals surface area contributed by atoms with E-state index in [2.05, 4.69) is 17.1 Å². The van der Waals surface area contributed by atoms with E-state index in [4.69, 9.17) is 5.73 Å². The molecule has 1 atom stereocenters. The fourth-order valence-corrected chi connectivity index (χ4v) is 2.97. The van der Waals surface area contributed by atoms with Crippen molar-refractivity contribution in [2.45, 2.75) is 37.2 Å². The maximum absolute atomic E-state index is 11.7. The van der Waals surface area contributed by atoms with Crippen molar-refractivity contribution in [2.75, 3.05) is 5.73 Å². The molecule has 102 valence electrons. The fourth-order valence-electron chi connectivity index (χ4n) is 1.87. The minimum atomic E-state index is -0.169. The molecule has 0 saturated carbocycles. The van der Waals surface area contributed by atoms with E-state index in [1.165, 1.54) is 0 Å². The molecule has 6 heteroatoms. The molecular formula is C13H18N4OS. The number of benzene rings is 1. The Morgan fingerprint density at radius 2 is 2.11 bits per heavy atom. The van der Waals surface area contributed by atoms with E-state index < -0.39 is 0 Å². The standard InChI is InChI=1S/C13H18N4OS/c1-8(2)17-12(18)15-16-13(17)19-9(3)10-5-4-6-11(14)7-10/h4-9H,14H2,1-3H3,(H,15,18). The maximum Gasteiger partial charge on any atom is 0.344 e. The predicted molar refractivity (Wildman–Crippen MR) is 78.4 cm³/mol. The lowest BCUT2D eigenvalue weighted by Gasteiger charge is -2.13. The summed E-state index contributed by atoms with van der Waals surface area (Å²) in [5.41, 5.74) is 7.48. The Bertz CT molecular complexity index is 617. The van der Waals surface area contributed by atoms with Gasteiger partial charge in [-0.05, 0) is 38.5 Å². The van der Waals surface area contributed by atoms with Gasteiger partial charge in [-0.25, -0.2) is 9.89 Å². The number of anilines is 1. The Morgan fingerprint density at radius 3 is 2.74 bits per heavy atom.